The second kappa shape index (κ2) is 9.61. The summed E-state index contributed by atoms with van der Waals surface area (Å²) in [5.41, 5.74) is 3.48. The van der Waals surface area contributed by atoms with E-state index in [0.29, 0.717) is 36.7 Å². The van der Waals surface area contributed by atoms with E-state index in [1.807, 2.05) is 34.9 Å². The predicted molar refractivity (Wildman–Crippen MR) is 121 cm³/mol. The molecule has 2 aromatic carbocycles. The number of nitrogens with one attached hydrogen (secondary N) is 2. The van der Waals surface area contributed by atoms with E-state index >= 15 is 0 Å². The highest BCUT2D eigenvalue weighted by atomic mass is 35.5. The zero-order chi connectivity index (χ0) is 22.7. The van der Waals surface area contributed by atoms with Gasteiger partial charge in [-0.2, -0.15) is 0 Å². The minimum absolute atomic E-state index is 0.0146. The summed E-state index contributed by atoms with van der Waals surface area (Å²) in [7, 11) is 0. The van der Waals surface area contributed by atoms with Gasteiger partial charge in [-0.3, -0.25) is 4.79 Å². The molecule has 1 heterocycles. The van der Waals surface area contributed by atoms with Gasteiger partial charge in [0, 0.05) is 23.7 Å². The largest absolute Gasteiger partial charge is 0.465 e. The summed E-state index contributed by atoms with van der Waals surface area (Å²) in [6.45, 7) is 2.49. The zero-order valence-electron chi connectivity index (χ0n) is 17.8. The third-order valence-electron chi connectivity index (χ3n) is 5.70. The van der Waals surface area contributed by atoms with E-state index in [9.17, 15) is 14.0 Å². The van der Waals surface area contributed by atoms with Crippen LogP contribution in [-0.2, 0) is 35.5 Å². The number of carbonyl (C=O) groups excluding carboxylic acids is 2. The first kappa shape index (κ1) is 22.1. The van der Waals surface area contributed by atoms with Crippen LogP contribution in [0, 0.1) is 5.82 Å². The van der Waals surface area contributed by atoms with Crippen LogP contribution >= 0.6 is 11.6 Å². The molecule has 0 saturated heterocycles. The Kier molecular flexibility index (Phi) is 6.65. The van der Waals surface area contributed by atoms with Gasteiger partial charge in [0.1, 0.15) is 12.4 Å². The van der Waals surface area contributed by atoms with Crippen LogP contribution in [0.15, 0.2) is 42.5 Å². The molecule has 1 atom stereocenters. The zero-order valence-corrected chi connectivity index (χ0v) is 18.5. The summed E-state index contributed by atoms with van der Waals surface area (Å²) < 4.78 is 21.1. The van der Waals surface area contributed by atoms with Crippen LogP contribution < -0.4 is 10.6 Å². The second-order valence-corrected chi connectivity index (χ2v) is 8.26. The Balaban J connectivity index is 1.54. The normalized spacial score (nSPS) is 15.3. The Morgan fingerprint density at radius 1 is 1.25 bits per heavy atom. The quantitative estimate of drug-likeness (QED) is 0.540. The number of halogens is 2. The number of aromatic nitrogens is 1. The van der Waals surface area contributed by atoms with Crippen molar-refractivity contribution < 1.29 is 18.7 Å². The van der Waals surface area contributed by atoms with Gasteiger partial charge >= 0.3 is 12.0 Å². The number of nitrogens with zero attached hydrogens (tertiary/aromatic N) is 1. The van der Waals surface area contributed by atoms with Crippen LogP contribution in [0.5, 0.6) is 0 Å². The van der Waals surface area contributed by atoms with Crippen LogP contribution in [0.3, 0.4) is 0 Å². The summed E-state index contributed by atoms with van der Waals surface area (Å²) in [6, 6.07) is 12.0. The molecule has 32 heavy (non-hydrogen) atoms. The number of hydrogen-bond acceptors (Lipinski definition) is 3. The van der Waals surface area contributed by atoms with E-state index in [-0.39, 0.29) is 36.2 Å². The van der Waals surface area contributed by atoms with Crippen molar-refractivity contribution in [2.75, 3.05) is 6.61 Å². The lowest BCUT2D eigenvalue weighted by molar-refractivity contribution is -0.143. The molecule has 3 aromatic rings. The van der Waals surface area contributed by atoms with Crippen molar-refractivity contribution in [3.05, 3.63) is 70.1 Å². The van der Waals surface area contributed by atoms with Crippen molar-refractivity contribution in [2.24, 2.45) is 0 Å². The summed E-state index contributed by atoms with van der Waals surface area (Å²) >= 11 is 6.38. The molecule has 1 aliphatic carbocycles. The van der Waals surface area contributed by atoms with Gasteiger partial charge < -0.3 is 19.9 Å². The Labute approximate surface area is 190 Å². The SMILES string of the molecule is CCOC(=O)Cn1c2c(c3cc(F)cc(Cl)c31)CC(NC(=O)NCc1ccccc1)CC2. The third kappa shape index (κ3) is 4.72. The molecule has 2 N–H and O–H groups in total. The van der Waals surface area contributed by atoms with Crippen molar-refractivity contribution in [3.8, 4) is 0 Å². The van der Waals surface area contributed by atoms with Gasteiger partial charge in [0.05, 0.1) is 17.1 Å². The van der Waals surface area contributed by atoms with E-state index in [1.54, 1.807) is 6.92 Å². The molecule has 0 spiro atoms. The van der Waals surface area contributed by atoms with E-state index in [1.165, 1.54) is 12.1 Å². The number of benzene rings is 2. The maximum absolute atomic E-state index is 14.2. The first-order valence-corrected chi connectivity index (χ1v) is 11.1. The number of carbonyl (C=O) groups is 2. The number of fused-ring (bicyclic) bond motifs is 3. The molecule has 1 aromatic heterocycles. The van der Waals surface area contributed by atoms with Gasteiger partial charge in [-0.25, -0.2) is 9.18 Å². The van der Waals surface area contributed by atoms with Gasteiger partial charge in [-0.1, -0.05) is 41.9 Å². The molecule has 0 aliphatic heterocycles. The highest BCUT2D eigenvalue weighted by Crippen LogP contribution is 2.36. The number of hydrogen-bond donors (Lipinski definition) is 2. The van der Waals surface area contributed by atoms with Gasteiger partial charge in [-0.15, -0.1) is 0 Å². The topological polar surface area (TPSA) is 72.4 Å². The van der Waals surface area contributed by atoms with Crippen molar-refractivity contribution in [1.29, 1.82) is 0 Å². The molecular formula is C24H25ClFN3O3. The van der Waals surface area contributed by atoms with Crippen LogP contribution in [0.25, 0.3) is 10.9 Å². The lowest BCUT2D eigenvalue weighted by Crippen LogP contribution is -2.44. The molecule has 8 heteroatoms. The molecule has 2 amide bonds. The number of ether oxygens (including phenoxy) is 1. The molecule has 0 saturated carbocycles. The van der Waals surface area contributed by atoms with Crippen molar-refractivity contribution in [2.45, 2.75) is 45.3 Å². The van der Waals surface area contributed by atoms with Crippen LogP contribution in [-0.4, -0.2) is 29.2 Å². The Hall–Kier alpha value is -3.06. The fourth-order valence-electron chi connectivity index (χ4n) is 4.34. The van der Waals surface area contributed by atoms with E-state index < -0.39 is 5.82 Å². The van der Waals surface area contributed by atoms with Crippen LogP contribution in [0.4, 0.5) is 9.18 Å². The molecule has 0 radical (unpaired) electrons. The Bertz CT molecular complexity index is 1150. The number of urea groups is 1. The molecule has 6 nitrogen and oxygen atoms in total. The Morgan fingerprint density at radius 3 is 2.78 bits per heavy atom. The molecule has 0 bridgehead atoms. The monoisotopic (exact) mass is 457 g/mol. The maximum atomic E-state index is 14.2. The maximum Gasteiger partial charge on any atom is 0.325 e. The summed E-state index contributed by atoms with van der Waals surface area (Å²) in [4.78, 5) is 24.6. The smallest absolute Gasteiger partial charge is 0.325 e. The van der Waals surface area contributed by atoms with Gasteiger partial charge in [0.25, 0.3) is 0 Å². The number of amides is 2. The van der Waals surface area contributed by atoms with Crippen molar-refractivity contribution in [3.63, 3.8) is 0 Å². The van der Waals surface area contributed by atoms with Crippen molar-refractivity contribution in [1.82, 2.24) is 15.2 Å². The first-order valence-electron chi connectivity index (χ1n) is 10.7. The minimum Gasteiger partial charge on any atom is -0.465 e. The molecular weight excluding hydrogens is 433 g/mol. The second-order valence-electron chi connectivity index (χ2n) is 7.85. The molecule has 1 aliphatic rings. The van der Waals surface area contributed by atoms with E-state index in [4.69, 9.17) is 16.3 Å². The van der Waals surface area contributed by atoms with E-state index in [0.717, 1.165) is 16.8 Å². The summed E-state index contributed by atoms with van der Waals surface area (Å²) in [5.74, 6) is -0.803. The minimum atomic E-state index is -0.436. The lowest BCUT2D eigenvalue weighted by Gasteiger charge is -2.25. The summed E-state index contributed by atoms with van der Waals surface area (Å²) in [6.07, 6.45) is 1.86. The number of rotatable bonds is 6. The van der Waals surface area contributed by atoms with Gasteiger partial charge in [0.15, 0.2) is 0 Å². The highest BCUT2D eigenvalue weighted by molar-refractivity contribution is 6.35. The lowest BCUT2D eigenvalue weighted by atomic mass is 9.91. The van der Waals surface area contributed by atoms with Gasteiger partial charge in [0.2, 0.25) is 0 Å². The highest BCUT2D eigenvalue weighted by Gasteiger charge is 2.28. The first-order chi connectivity index (χ1) is 15.5. The molecule has 4 rings (SSSR count). The average Bonchev–Trinajstić information content (AvgIpc) is 3.06. The third-order valence-corrected chi connectivity index (χ3v) is 5.99. The van der Waals surface area contributed by atoms with E-state index in [2.05, 4.69) is 10.6 Å². The predicted octanol–water partition coefficient (Wildman–Crippen LogP) is 4.35. The fraction of sp³-hybridized carbons (Fsp3) is 0.333. The van der Waals surface area contributed by atoms with Crippen molar-refractivity contribution >= 4 is 34.5 Å². The van der Waals surface area contributed by atoms with Crippen LogP contribution in [0.1, 0.15) is 30.2 Å². The number of esters is 1. The molecule has 168 valence electrons. The molecule has 1 unspecified atom stereocenters. The average molecular weight is 458 g/mol. The van der Waals surface area contributed by atoms with Gasteiger partial charge in [-0.05, 0) is 49.4 Å². The fourth-order valence-corrected chi connectivity index (χ4v) is 4.65. The molecule has 0 fully saturated rings. The standard InChI is InChI=1S/C24H25ClFN3O3/c1-2-32-22(30)14-29-21-9-8-17(28-24(31)27-13-15-6-4-3-5-7-15)12-18(21)19-10-16(26)11-20(25)23(19)29/h3-7,10-11,17H,2,8-9,12-14H2,1H3,(H2,27,28,31). The summed E-state index contributed by atoms with van der Waals surface area (Å²) in [5, 5.41) is 6.82. The van der Waals surface area contributed by atoms with Crippen LogP contribution in [0.2, 0.25) is 5.02 Å². The Morgan fingerprint density at radius 2 is 2.03 bits per heavy atom.